The number of carbonyl (C=O) groups excluding carboxylic acids is 1. The van der Waals surface area contributed by atoms with Crippen LogP contribution in [0.3, 0.4) is 0 Å². The Morgan fingerprint density at radius 1 is 1.11 bits per heavy atom. The molecule has 1 aliphatic carbocycles. The van der Waals surface area contributed by atoms with Crippen molar-refractivity contribution in [1.29, 1.82) is 0 Å². The molecule has 1 saturated carbocycles. The summed E-state index contributed by atoms with van der Waals surface area (Å²) in [7, 11) is 0. The highest BCUT2D eigenvalue weighted by Crippen LogP contribution is 2.28. The van der Waals surface area contributed by atoms with Gasteiger partial charge in [0, 0.05) is 44.3 Å². The quantitative estimate of drug-likeness (QED) is 0.761. The van der Waals surface area contributed by atoms with E-state index in [0.717, 1.165) is 39.1 Å². The molecule has 0 aromatic heterocycles. The predicted molar refractivity (Wildman–Crippen MR) is 69.3 cm³/mol. The molecule has 0 radical (unpaired) electrons. The molecule has 0 aromatic carbocycles. The number of nitrogens with one attached hydrogen (secondary N) is 1. The van der Waals surface area contributed by atoms with Crippen molar-refractivity contribution in [3.63, 3.8) is 0 Å². The van der Waals surface area contributed by atoms with E-state index in [0.29, 0.717) is 18.0 Å². The van der Waals surface area contributed by atoms with Gasteiger partial charge in [0.15, 0.2) is 0 Å². The Labute approximate surface area is 109 Å². The first-order valence-electron chi connectivity index (χ1n) is 7.48. The van der Waals surface area contributed by atoms with Crippen molar-refractivity contribution in [2.45, 2.75) is 50.6 Å². The zero-order valence-electron chi connectivity index (χ0n) is 11.1. The van der Waals surface area contributed by atoms with Crippen LogP contribution in [0.15, 0.2) is 0 Å². The van der Waals surface area contributed by atoms with Gasteiger partial charge in [-0.25, -0.2) is 0 Å². The number of rotatable bonds is 1. The van der Waals surface area contributed by atoms with Gasteiger partial charge in [0.25, 0.3) is 0 Å². The zero-order valence-corrected chi connectivity index (χ0v) is 11.1. The van der Waals surface area contributed by atoms with Crippen LogP contribution in [0.2, 0.25) is 0 Å². The number of fused-ring (bicyclic) bond motifs is 1. The van der Waals surface area contributed by atoms with E-state index >= 15 is 0 Å². The lowest BCUT2D eigenvalue weighted by Gasteiger charge is -2.46. The molecule has 2 aliphatic heterocycles. The molecule has 102 valence electrons. The van der Waals surface area contributed by atoms with E-state index in [1.54, 1.807) is 0 Å². The third kappa shape index (κ3) is 2.41. The van der Waals surface area contributed by atoms with Crippen LogP contribution >= 0.6 is 0 Å². The summed E-state index contributed by atoms with van der Waals surface area (Å²) >= 11 is 0. The minimum absolute atomic E-state index is 0.222. The fourth-order valence-electron chi connectivity index (χ4n) is 3.71. The maximum absolute atomic E-state index is 12.7. The van der Waals surface area contributed by atoms with Gasteiger partial charge >= 0.3 is 0 Å². The summed E-state index contributed by atoms with van der Waals surface area (Å²) in [6.45, 7) is 3.39. The largest absolute Gasteiger partial charge is 0.381 e. The first kappa shape index (κ1) is 12.4. The Morgan fingerprint density at radius 2 is 1.89 bits per heavy atom. The number of piperazine rings is 1. The summed E-state index contributed by atoms with van der Waals surface area (Å²) < 4.78 is 5.36. The Bertz CT molecular complexity index is 300. The lowest BCUT2D eigenvalue weighted by atomic mass is 9.86. The highest BCUT2D eigenvalue weighted by molar-refractivity contribution is 5.79. The molecule has 2 atom stereocenters. The fourth-order valence-corrected chi connectivity index (χ4v) is 3.71. The molecule has 0 spiro atoms. The molecule has 4 heteroatoms. The zero-order chi connectivity index (χ0) is 12.4. The van der Waals surface area contributed by atoms with Crippen LogP contribution < -0.4 is 5.32 Å². The highest BCUT2D eigenvalue weighted by Gasteiger charge is 2.38. The third-order valence-corrected chi connectivity index (χ3v) is 4.74. The van der Waals surface area contributed by atoms with Crippen molar-refractivity contribution in [2.24, 2.45) is 5.92 Å². The third-order valence-electron chi connectivity index (χ3n) is 4.74. The molecule has 2 unspecified atom stereocenters. The summed E-state index contributed by atoms with van der Waals surface area (Å²) in [5, 5.41) is 3.59. The molecule has 3 fully saturated rings. The predicted octanol–water partition coefficient (Wildman–Crippen LogP) is 1.16. The van der Waals surface area contributed by atoms with E-state index in [-0.39, 0.29) is 5.92 Å². The molecular formula is C14H24N2O2. The molecule has 0 bridgehead atoms. The van der Waals surface area contributed by atoms with Crippen LogP contribution in [-0.4, -0.2) is 49.2 Å². The Balaban J connectivity index is 1.67. The molecule has 2 heterocycles. The standard InChI is InChI=1S/C14H24N2O2/c17-14(11-5-9-18-10-6-11)16-8-7-15-12-3-1-2-4-13(12)16/h11-13,15H,1-10H2. The Kier molecular flexibility index (Phi) is 3.85. The monoisotopic (exact) mass is 252 g/mol. The molecule has 18 heavy (non-hydrogen) atoms. The second-order valence-electron chi connectivity index (χ2n) is 5.83. The smallest absolute Gasteiger partial charge is 0.226 e. The van der Waals surface area contributed by atoms with Gasteiger partial charge in [0.2, 0.25) is 5.91 Å². The lowest BCUT2D eigenvalue weighted by Crippen LogP contribution is -2.61. The summed E-state index contributed by atoms with van der Waals surface area (Å²) in [6.07, 6.45) is 6.85. The Morgan fingerprint density at radius 3 is 2.72 bits per heavy atom. The number of hydrogen-bond donors (Lipinski definition) is 1. The van der Waals surface area contributed by atoms with Gasteiger partial charge in [-0.1, -0.05) is 12.8 Å². The van der Waals surface area contributed by atoms with E-state index in [4.69, 9.17) is 4.74 Å². The first-order valence-corrected chi connectivity index (χ1v) is 7.48. The SMILES string of the molecule is O=C(C1CCOCC1)N1CCNC2CCCCC21. The van der Waals surface area contributed by atoms with E-state index < -0.39 is 0 Å². The van der Waals surface area contributed by atoms with Crippen molar-refractivity contribution in [3.05, 3.63) is 0 Å². The van der Waals surface area contributed by atoms with Crippen LogP contribution in [0.5, 0.6) is 0 Å². The maximum Gasteiger partial charge on any atom is 0.226 e. The van der Waals surface area contributed by atoms with Crippen molar-refractivity contribution in [1.82, 2.24) is 10.2 Å². The lowest BCUT2D eigenvalue weighted by molar-refractivity contribution is -0.143. The molecule has 3 aliphatic rings. The number of ether oxygens (including phenoxy) is 1. The highest BCUT2D eigenvalue weighted by atomic mass is 16.5. The molecule has 1 amide bonds. The molecule has 4 nitrogen and oxygen atoms in total. The summed E-state index contributed by atoms with van der Waals surface area (Å²) in [4.78, 5) is 14.8. The van der Waals surface area contributed by atoms with Crippen molar-refractivity contribution in [3.8, 4) is 0 Å². The summed E-state index contributed by atoms with van der Waals surface area (Å²) in [5.41, 5.74) is 0. The van der Waals surface area contributed by atoms with Crippen LogP contribution in [-0.2, 0) is 9.53 Å². The van der Waals surface area contributed by atoms with Crippen LogP contribution in [0.25, 0.3) is 0 Å². The molecule has 3 rings (SSSR count). The van der Waals surface area contributed by atoms with Gasteiger partial charge in [-0.15, -0.1) is 0 Å². The summed E-state index contributed by atoms with van der Waals surface area (Å²) in [6, 6.07) is 1.01. The molecule has 1 N–H and O–H groups in total. The van der Waals surface area contributed by atoms with Crippen molar-refractivity contribution >= 4 is 5.91 Å². The average Bonchev–Trinajstić information content (AvgIpc) is 2.47. The van der Waals surface area contributed by atoms with Crippen molar-refractivity contribution in [2.75, 3.05) is 26.3 Å². The van der Waals surface area contributed by atoms with Gasteiger partial charge in [-0.2, -0.15) is 0 Å². The van der Waals surface area contributed by atoms with Gasteiger partial charge in [0.05, 0.1) is 0 Å². The number of hydrogen-bond acceptors (Lipinski definition) is 3. The number of nitrogens with zero attached hydrogens (tertiary/aromatic N) is 1. The molecule has 0 aromatic rings. The van der Waals surface area contributed by atoms with E-state index in [2.05, 4.69) is 10.2 Å². The fraction of sp³-hybridized carbons (Fsp3) is 0.929. The van der Waals surface area contributed by atoms with Crippen LogP contribution in [0.1, 0.15) is 38.5 Å². The van der Waals surface area contributed by atoms with Crippen molar-refractivity contribution < 1.29 is 9.53 Å². The second-order valence-corrected chi connectivity index (χ2v) is 5.83. The van der Waals surface area contributed by atoms with Gasteiger partial charge < -0.3 is 15.0 Å². The topological polar surface area (TPSA) is 41.6 Å². The van der Waals surface area contributed by atoms with Gasteiger partial charge in [0.1, 0.15) is 0 Å². The first-order chi connectivity index (χ1) is 8.86. The van der Waals surface area contributed by atoms with E-state index in [1.807, 2.05) is 0 Å². The molecular weight excluding hydrogens is 228 g/mol. The number of carbonyl (C=O) groups is 1. The van der Waals surface area contributed by atoms with E-state index in [9.17, 15) is 4.79 Å². The number of amides is 1. The maximum atomic E-state index is 12.7. The van der Waals surface area contributed by atoms with E-state index in [1.165, 1.54) is 25.7 Å². The summed E-state index contributed by atoms with van der Waals surface area (Å²) in [5.74, 6) is 0.621. The minimum atomic E-state index is 0.222. The molecule has 2 saturated heterocycles. The van der Waals surface area contributed by atoms with Crippen LogP contribution in [0, 0.1) is 5.92 Å². The average molecular weight is 252 g/mol. The van der Waals surface area contributed by atoms with Crippen LogP contribution in [0.4, 0.5) is 0 Å². The second kappa shape index (κ2) is 5.57. The van der Waals surface area contributed by atoms with Gasteiger partial charge in [-0.05, 0) is 25.7 Å². The Hall–Kier alpha value is -0.610. The minimum Gasteiger partial charge on any atom is -0.381 e. The van der Waals surface area contributed by atoms with Gasteiger partial charge in [-0.3, -0.25) is 4.79 Å². The normalized spacial score (nSPS) is 34.1.